The molecular formula is C12H12N2O2. The Bertz CT molecular complexity index is 546. The average Bonchev–Trinajstić information content (AvgIpc) is 2.84. The maximum atomic E-state index is 9.65. The van der Waals surface area contributed by atoms with E-state index in [0.717, 1.165) is 34.7 Å². The molecule has 16 heavy (non-hydrogen) atoms. The van der Waals surface area contributed by atoms with Gasteiger partial charge in [-0.1, -0.05) is 0 Å². The lowest BCUT2D eigenvalue weighted by atomic mass is 10.0. The van der Waals surface area contributed by atoms with Crippen LogP contribution in [0.4, 0.5) is 0 Å². The summed E-state index contributed by atoms with van der Waals surface area (Å²) in [5, 5.41) is 16.7. The zero-order chi connectivity index (χ0) is 11.1. The number of nitrogens with one attached hydrogen (secondary N) is 1. The highest BCUT2D eigenvalue weighted by atomic mass is 16.5. The summed E-state index contributed by atoms with van der Waals surface area (Å²) >= 11 is 0. The second kappa shape index (κ2) is 3.27. The standard InChI is InChI=1S/C12H12N2O2/c1-7-4-11(14-13-7)10-6-9(15)5-8-2-3-16-12(8)10/h4-6,15H,2-3H2,1H3,(H,13,14). The third-order valence-corrected chi connectivity index (χ3v) is 2.75. The molecule has 0 spiro atoms. The molecule has 1 aromatic carbocycles. The van der Waals surface area contributed by atoms with Gasteiger partial charge in [0.25, 0.3) is 0 Å². The minimum absolute atomic E-state index is 0.264. The summed E-state index contributed by atoms with van der Waals surface area (Å²) in [6.45, 7) is 2.62. The van der Waals surface area contributed by atoms with Crippen LogP contribution in [0.5, 0.6) is 11.5 Å². The number of benzene rings is 1. The molecule has 0 bridgehead atoms. The number of hydrogen-bond acceptors (Lipinski definition) is 3. The fourth-order valence-corrected chi connectivity index (χ4v) is 2.04. The first-order chi connectivity index (χ1) is 7.74. The quantitative estimate of drug-likeness (QED) is 0.766. The summed E-state index contributed by atoms with van der Waals surface area (Å²) in [6.07, 6.45) is 0.847. The van der Waals surface area contributed by atoms with Gasteiger partial charge in [-0.15, -0.1) is 0 Å². The maximum Gasteiger partial charge on any atom is 0.132 e. The van der Waals surface area contributed by atoms with Gasteiger partial charge >= 0.3 is 0 Å². The summed E-state index contributed by atoms with van der Waals surface area (Å²) in [4.78, 5) is 0. The van der Waals surface area contributed by atoms with Crippen molar-refractivity contribution in [3.05, 3.63) is 29.5 Å². The number of phenolic OH excluding ortho intramolecular Hbond substituents is 1. The molecule has 82 valence electrons. The molecule has 1 aromatic heterocycles. The number of aromatic hydroxyl groups is 1. The van der Waals surface area contributed by atoms with Crippen LogP contribution in [-0.4, -0.2) is 21.9 Å². The summed E-state index contributed by atoms with van der Waals surface area (Å²) < 4.78 is 5.58. The van der Waals surface area contributed by atoms with Gasteiger partial charge in [0, 0.05) is 23.2 Å². The molecule has 0 atom stereocenters. The van der Waals surface area contributed by atoms with Crippen molar-refractivity contribution >= 4 is 0 Å². The molecule has 1 aliphatic rings. The third-order valence-electron chi connectivity index (χ3n) is 2.75. The number of H-pyrrole nitrogens is 1. The van der Waals surface area contributed by atoms with Gasteiger partial charge in [-0.25, -0.2) is 0 Å². The van der Waals surface area contributed by atoms with E-state index in [-0.39, 0.29) is 5.75 Å². The Morgan fingerprint density at radius 1 is 1.38 bits per heavy atom. The SMILES string of the molecule is Cc1cc(-c2cc(O)cc3c2OCC3)n[nH]1. The largest absolute Gasteiger partial charge is 0.508 e. The number of phenols is 1. The van der Waals surface area contributed by atoms with Crippen molar-refractivity contribution in [2.75, 3.05) is 6.61 Å². The van der Waals surface area contributed by atoms with Crippen molar-refractivity contribution in [2.45, 2.75) is 13.3 Å². The Kier molecular flexibility index (Phi) is 1.89. The lowest BCUT2D eigenvalue weighted by molar-refractivity contribution is 0.357. The van der Waals surface area contributed by atoms with Crippen LogP contribution in [0.1, 0.15) is 11.3 Å². The van der Waals surface area contributed by atoms with Gasteiger partial charge in [0.05, 0.1) is 12.3 Å². The molecule has 3 rings (SSSR count). The number of aryl methyl sites for hydroxylation is 1. The molecule has 0 aliphatic carbocycles. The zero-order valence-electron chi connectivity index (χ0n) is 8.95. The van der Waals surface area contributed by atoms with Gasteiger partial charge in [-0.2, -0.15) is 5.10 Å². The van der Waals surface area contributed by atoms with Crippen LogP contribution >= 0.6 is 0 Å². The summed E-state index contributed by atoms with van der Waals surface area (Å²) in [6, 6.07) is 5.39. The van der Waals surface area contributed by atoms with Crippen molar-refractivity contribution in [3.63, 3.8) is 0 Å². The number of fused-ring (bicyclic) bond motifs is 1. The number of aromatic nitrogens is 2. The van der Waals surface area contributed by atoms with E-state index in [0.29, 0.717) is 6.61 Å². The highest BCUT2D eigenvalue weighted by Crippen LogP contribution is 2.39. The molecule has 0 saturated carbocycles. The van der Waals surface area contributed by atoms with Crippen molar-refractivity contribution in [1.29, 1.82) is 0 Å². The molecular weight excluding hydrogens is 204 g/mol. The van der Waals surface area contributed by atoms with Crippen LogP contribution in [0.25, 0.3) is 11.3 Å². The Balaban J connectivity index is 2.20. The minimum atomic E-state index is 0.264. The normalized spacial score (nSPS) is 13.6. The van der Waals surface area contributed by atoms with Crippen molar-refractivity contribution < 1.29 is 9.84 Å². The van der Waals surface area contributed by atoms with E-state index in [9.17, 15) is 5.11 Å². The lowest BCUT2D eigenvalue weighted by Crippen LogP contribution is -1.89. The molecule has 4 nitrogen and oxygen atoms in total. The van der Waals surface area contributed by atoms with E-state index in [1.807, 2.05) is 13.0 Å². The van der Waals surface area contributed by atoms with E-state index in [4.69, 9.17) is 4.74 Å². The van der Waals surface area contributed by atoms with E-state index in [1.165, 1.54) is 0 Å². The van der Waals surface area contributed by atoms with Gasteiger partial charge in [0.15, 0.2) is 0 Å². The lowest BCUT2D eigenvalue weighted by Gasteiger charge is -2.06. The highest BCUT2D eigenvalue weighted by Gasteiger charge is 2.20. The molecule has 0 radical (unpaired) electrons. The van der Waals surface area contributed by atoms with E-state index < -0.39 is 0 Å². The minimum Gasteiger partial charge on any atom is -0.508 e. The number of hydrogen-bond donors (Lipinski definition) is 2. The predicted molar refractivity (Wildman–Crippen MR) is 59.6 cm³/mol. The predicted octanol–water partition coefficient (Wildman–Crippen LogP) is 2.03. The first-order valence-corrected chi connectivity index (χ1v) is 5.25. The summed E-state index contributed by atoms with van der Waals surface area (Å²) in [7, 11) is 0. The zero-order valence-corrected chi connectivity index (χ0v) is 8.95. The van der Waals surface area contributed by atoms with Gasteiger partial charge in [-0.05, 0) is 25.1 Å². The van der Waals surface area contributed by atoms with Crippen LogP contribution in [0, 0.1) is 6.92 Å². The van der Waals surface area contributed by atoms with Crippen LogP contribution in [0.2, 0.25) is 0 Å². The summed E-state index contributed by atoms with van der Waals surface area (Å²) in [5.41, 5.74) is 3.71. The molecule has 2 aromatic rings. The Morgan fingerprint density at radius 3 is 3.00 bits per heavy atom. The molecule has 1 aliphatic heterocycles. The van der Waals surface area contributed by atoms with E-state index in [1.54, 1.807) is 12.1 Å². The topological polar surface area (TPSA) is 58.1 Å². The van der Waals surface area contributed by atoms with Crippen molar-refractivity contribution in [2.24, 2.45) is 0 Å². The van der Waals surface area contributed by atoms with E-state index in [2.05, 4.69) is 10.2 Å². The Hall–Kier alpha value is -1.97. The second-order valence-corrected chi connectivity index (χ2v) is 4.02. The van der Waals surface area contributed by atoms with E-state index >= 15 is 0 Å². The van der Waals surface area contributed by atoms with Crippen LogP contribution < -0.4 is 4.74 Å². The fraction of sp³-hybridized carbons (Fsp3) is 0.250. The van der Waals surface area contributed by atoms with Gasteiger partial charge in [0.2, 0.25) is 0 Å². The van der Waals surface area contributed by atoms with Crippen LogP contribution in [0.3, 0.4) is 0 Å². The fourth-order valence-electron chi connectivity index (χ4n) is 2.04. The maximum absolute atomic E-state index is 9.65. The molecule has 0 saturated heterocycles. The van der Waals surface area contributed by atoms with Crippen LogP contribution in [-0.2, 0) is 6.42 Å². The smallest absolute Gasteiger partial charge is 0.132 e. The average molecular weight is 216 g/mol. The first kappa shape index (κ1) is 9.27. The molecule has 0 amide bonds. The number of ether oxygens (including phenoxy) is 1. The number of rotatable bonds is 1. The van der Waals surface area contributed by atoms with Gasteiger partial charge in [0.1, 0.15) is 11.5 Å². The molecule has 4 heteroatoms. The molecule has 2 heterocycles. The third kappa shape index (κ3) is 1.34. The van der Waals surface area contributed by atoms with Crippen molar-refractivity contribution in [1.82, 2.24) is 10.2 Å². The Morgan fingerprint density at radius 2 is 2.25 bits per heavy atom. The molecule has 0 fully saturated rings. The van der Waals surface area contributed by atoms with Gasteiger partial charge in [-0.3, -0.25) is 5.10 Å². The van der Waals surface area contributed by atoms with Crippen LogP contribution in [0.15, 0.2) is 18.2 Å². The Labute approximate surface area is 92.9 Å². The molecule has 2 N–H and O–H groups in total. The highest BCUT2D eigenvalue weighted by molar-refractivity contribution is 5.72. The number of aromatic amines is 1. The molecule has 0 unspecified atom stereocenters. The number of nitrogens with zero attached hydrogens (tertiary/aromatic N) is 1. The first-order valence-electron chi connectivity index (χ1n) is 5.25. The van der Waals surface area contributed by atoms with Crippen molar-refractivity contribution in [3.8, 4) is 22.8 Å². The second-order valence-electron chi connectivity index (χ2n) is 4.02. The van der Waals surface area contributed by atoms with Gasteiger partial charge < -0.3 is 9.84 Å². The monoisotopic (exact) mass is 216 g/mol. The summed E-state index contributed by atoms with van der Waals surface area (Å²) in [5.74, 6) is 1.12.